The fourth-order valence-corrected chi connectivity index (χ4v) is 4.32. The van der Waals surface area contributed by atoms with E-state index in [1.165, 1.54) is 33.5 Å². The van der Waals surface area contributed by atoms with Crippen molar-refractivity contribution in [3.8, 4) is 17.2 Å². The largest absolute Gasteiger partial charge is 0.493 e. The SMILES string of the molecule is CC[C@](COC(=O)c1cc(OC)c(OC)c(OC)c1)(NCC(=O)OCOC(=O)CNC(=O)OCc1ccccc1)c1ccccc1. The number of benzene rings is 3. The summed E-state index contributed by atoms with van der Waals surface area (Å²) < 4.78 is 36.6. The quantitative estimate of drug-likeness (QED) is 0.126. The van der Waals surface area contributed by atoms with E-state index in [0.29, 0.717) is 23.7 Å². The Morgan fingerprint density at radius 2 is 1.30 bits per heavy atom. The Hall–Kier alpha value is -5.30. The molecule has 0 radical (unpaired) electrons. The van der Waals surface area contributed by atoms with Gasteiger partial charge in [0.15, 0.2) is 11.5 Å². The first-order valence-corrected chi connectivity index (χ1v) is 14.3. The minimum atomic E-state index is -0.975. The van der Waals surface area contributed by atoms with E-state index >= 15 is 0 Å². The van der Waals surface area contributed by atoms with Crippen molar-refractivity contribution in [2.24, 2.45) is 0 Å². The molecule has 3 aromatic carbocycles. The number of nitrogens with one attached hydrogen (secondary N) is 2. The van der Waals surface area contributed by atoms with E-state index in [9.17, 15) is 19.2 Å². The molecule has 3 aromatic rings. The van der Waals surface area contributed by atoms with E-state index < -0.39 is 42.9 Å². The monoisotopic (exact) mass is 638 g/mol. The van der Waals surface area contributed by atoms with Gasteiger partial charge in [-0.3, -0.25) is 14.9 Å². The molecule has 2 N–H and O–H groups in total. The standard InChI is InChI=1S/C33H38N2O11/c1-5-33(25-14-10-7-11-15-25,21-44-31(38)24-16-26(40-2)30(42-4)27(17-24)41-3)35-19-29(37)46-22-45-28(36)18-34-32(39)43-20-23-12-8-6-9-13-23/h6-17,35H,5,18-22H2,1-4H3,(H,34,39)/t33-/m1/s1. The topological polar surface area (TPSA) is 157 Å². The summed E-state index contributed by atoms with van der Waals surface area (Å²) in [5.41, 5.74) is 0.751. The molecule has 0 aliphatic heterocycles. The molecule has 0 heterocycles. The van der Waals surface area contributed by atoms with Gasteiger partial charge in [0.1, 0.15) is 19.8 Å². The minimum absolute atomic E-state index is 0.0404. The van der Waals surface area contributed by atoms with Crippen LogP contribution in [0, 0.1) is 0 Å². The Balaban J connectivity index is 1.53. The second kappa shape index (κ2) is 17.9. The Kier molecular flexibility index (Phi) is 13.7. The van der Waals surface area contributed by atoms with Crippen molar-refractivity contribution in [3.63, 3.8) is 0 Å². The first-order valence-electron chi connectivity index (χ1n) is 14.3. The molecule has 0 aliphatic rings. The molecule has 0 saturated heterocycles. The number of amides is 1. The zero-order valence-corrected chi connectivity index (χ0v) is 26.2. The predicted molar refractivity (Wildman–Crippen MR) is 164 cm³/mol. The summed E-state index contributed by atoms with van der Waals surface area (Å²) in [5, 5.41) is 5.40. The van der Waals surface area contributed by atoms with E-state index in [0.717, 1.165) is 11.1 Å². The lowest BCUT2D eigenvalue weighted by Gasteiger charge is -2.34. The molecule has 0 bridgehead atoms. The number of rotatable bonds is 17. The second-order valence-electron chi connectivity index (χ2n) is 9.71. The first kappa shape index (κ1) is 35.2. The van der Waals surface area contributed by atoms with Crippen LogP contribution in [0.15, 0.2) is 72.8 Å². The molecule has 0 saturated carbocycles. The maximum atomic E-state index is 13.1. The van der Waals surface area contributed by atoms with Crippen molar-refractivity contribution in [1.29, 1.82) is 0 Å². The van der Waals surface area contributed by atoms with Crippen molar-refractivity contribution in [1.82, 2.24) is 10.6 Å². The molecule has 0 aliphatic carbocycles. The molecule has 13 heteroatoms. The van der Waals surface area contributed by atoms with Crippen LogP contribution in [-0.2, 0) is 40.7 Å². The van der Waals surface area contributed by atoms with Crippen LogP contribution in [0.2, 0.25) is 0 Å². The number of esters is 3. The van der Waals surface area contributed by atoms with Gasteiger partial charge in [0.05, 0.1) is 39.0 Å². The summed E-state index contributed by atoms with van der Waals surface area (Å²) in [7, 11) is 4.34. The van der Waals surface area contributed by atoms with Crippen LogP contribution in [-0.4, -0.2) is 71.8 Å². The highest BCUT2D eigenvalue weighted by atomic mass is 16.7. The van der Waals surface area contributed by atoms with Crippen LogP contribution < -0.4 is 24.8 Å². The first-order chi connectivity index (χ1) is 22.2. The summed E-state index contributed by atoms with van der Waals surface area (Å²) in [6.07, 6.45) is -0.377. The average molecular weight is 639 g/mol. The number of methoxy groups -OCH3 is 3. The van der Waals surface area contributed by atoms with E-state index in [4.69, 9.17) is 33.2 Å². The lowest BCUT2D eigenvalue weighted by molar-refractivity contribution is -0.166. The molecule has 1 atom stereocenters. The minimum Gasteiger partial charge on any atom is -0.493 e. The van der Waals surface area contributed by atoms with Crippen molar-refractivity contribution >= 4 is 24.0 Å². The summed E-state index contributed by atoms with van der Waals surface area (Å²) >= 11 is 0. The van der Waals surface area contributed by atoms with Gasteiger partial charge in [-0.25, -0.2) is 9.59 Å². The average Bonchev–Trinajstić information content (AvgIpc) is 3.10. The Morgan fingerprint density at radius 3 is 1.87 bits per heavy atom. The normalized spacial score (nSPS) is 11.7. The number of ether oxygens (including phenoxy) is 7. The number of alkyl carbamates (subject to hydrolysis) is 1. The maximum absolute atomic E-state index is 13.1. The van der Waals surface area contributed by atoms with Crippen molar-refractivity contribution in [2.45, 2.75) is 25.5 Å². The van der Waals surface area contributed by atoms with Gasteiger partial charge in [0.25, 0.3) is 0 Å². The molecule has 1 amide bonds. The number of carbonyl (C=O) groups is 4. The van der Waals surface area contributed by atoms with E-state index in [1.807, 2.05) is 55.5 Å². The van der Waals surface area contributed by atoms with Crippen molar-refractivity contribution in [3.05, 3.63) is 89.5 Å². The molecule has 3 rings (SSSR count). The zero-order valence-electron chi connectivity index (χ0n) is 26.2. The zero-order chi connectivity index (χ0) is 33.4. The summed E-state index contributed by atoms with van der Waals surface area (Å²) in [5.74, 6) is -1.30. The van der Waals surface area contributed by atoms with Gasteiger partial charge < -0.3 is 38.5 Å². The molecular weight excluding hydrogens is 600 g/mol. The highest BCUT2D eigenvalue weighted by Crippen LogP contribution is 2.38. The van der Waals surface area contributed by atoms with Gasteiger partial charge in [-0.15, -0.1) is 0 Å². The van der Waals surface area contributed by atoms with Gasteiger partial charge in [-0.05, 0) is 29.7 Å². The van der Waals surface area contributed by atoms with Crippen LogP contribution in [0.4, 0.5) is 4.79 Å². The van der Waals surface area contributed by atoms with Crippen LogP contribution in [0.5, 0.6) is 17.2 Å². The van der Waals surface area contributed by atoms with Gasteiger partial charge in [-0.1, -0.05) is 67.6 Å². The molecule has 0 fully saturated rings. The molecular formula is C33H38N2O11. The third kappa shape index (κ3) is 10.1. The van der Waals surface area contributed by atoms with Gasteiger partial charge in [-0.2, -0.15) is 0 Å². The van der Waals surface area contributed by atoms with E-state index in [-0.39, 0.29) is 25.3 Å². The fourth-order valence-electron chi connectivity index (χ4n) is 4.32. The smallest absolute Gasteiger partial charge is 0.407 e. The highest BCUT2D eigenvalue weighted by Gasteiger charge is 2.33. The lowest BCUT2D eigenvalue weighted by atomic mass is 9.88. The number of hydrogen-bond donors (Lipinski definition) is 2. The summed E-state index contributed by atoms with van der Waals surface area (Å²) in [6.45, 7) is 0.328. The Bertz CT molecular complexity index is 1430. The van der Waals surface area contributed by atoms with Gasteiger partial charge >= 0.3 is 24.0 Å². The van der Waals surface area contributed by atoms with Crippen LogP contribution in [0.25, 0.3) is 0 Å². The van der Waals surface area contributed by atoms with E-state index in [2.05, 4.69) is 10.6 Å². The molecule has 0 spiro atoms. The maximum Gasteiger partial charge on any atom is 0.407 e. The van der Waals surface area contributed by atoms with Crippen LogP contribution in [0.3, 0.4) is 0 Å². The molecule has 0 unspecified atom stereocenters. The van der Waals surface area contributed by atoms with Crippen molar-refractivity contribution in [2.75, 3.05) is 47.8 Å². The molecule has 46 heavy (non-hydrogen) atoms. The van der Waals surface area contributed by atoms with Crippen LogP contribution in [0.1, 0.15) is 34.8 Å². The van der Waals surface area contributed by atoms with Gasteiger partial charge in [0, 0.05) is 0 Å². The Labute approximate surface area is 267 Å². The van der Waals surface area contributed by atoms with Crippen molar-refractivity contribution < 1.29 is 52.3 Å². The Morgan fingerprint density at radius 1 is 0.717 bits per heavy atom. The lowest BCUT2D eigenvalue weighted by Crippen LogP contribution is -2.48. The predicted octanol–water partition coefficient (Wildman–Crippen LogP) is 3.73. The number of carbonyl (C=O) groups excluding carboxylic acids is 4. The number of hydrogen-bond acceptors (Lipinski definition) is 12. The highest BCUT2D eigenvalue weighted by molar-refractivity contribution is 5.91. The summed E-state index contributed by atoms with van der Waals surface area (Å²) in [4.78, 5) is 49.5. The molecule has 0 aromatic heterocycles. The molecule has 13 nitrogen and oxygen atoms in total. The third-order valence-corrected chi connectivity index (χ3v) is 6.88. The summed E-state index contributed by atoms with van der Waals surface area (Å²) in [6, 6.07) is 21.2. The second-order valence-corrected chi connectivity index (χ2v) is 9.71. The third-order valence-electron chi connectivity index (χ3n) is 6.88. The fraction of sp³-hybridized carbons (Fsp3) is 0.333. The van der Waals surface area contributed by atoms with Crippen LogP contribution >= 0.6 is 0 Å². The van der Waals surface area contributed by atoms with Gasteiger partial charge in [0.2, 0.25) is 12.5 Å². The van der Waals surface area contributed by atoms with E-state index in [1.54, 1.807) is 12.1 Å². The molecule has 246 valence electrons.